The SMILES string of the molecule is CC(=O)C(=CC=CC=C/C(=C(/C)[O-])S(=O)(=O)Nc1ccccc1)SOONc1ccccc1. The van der Waals surface area contributed by atoms with Gasteiger partial charge in [-0.15, -0.1) is 15.1 Å². The molecule has 2 aromatic carbocycles. The monoisotopic (exact) mass is 487 g/mol. The van der Waals surface area contributed by atoms with Crippen molar-refractivity contribution in [3.05, 3.63) is 107 Å². The Hall–Kier alpha value is -3.31. The van der Waals surface area contributed by atoms with Crippen LogP contribution in [0.3, 0.4) is 0 Å². The van der Waals surface area contributed by atoms with Crippen LogP contribution in [-0.4, -0.2) is 14.2 Å². The lowest BCUT2D eigenvalue weighted by molar-refractivity contribution is -0.302. The molecule has 0 saturated heterocycles. The Bertz CT molecular complexity index is 1140. The molecule has 10 heteroatoms. The van der Waals surface area contributed by atoms with Crippen molar-refractivity contribution in [2.24, 2.45) is 0 Å². The Morgan fingerprint density at radius 3 is 2.12 bits per heavy atom. The minimum absolute atomic E-state index is 0.239. The van der Waals surface area contributed by atoms with E-state index in [1.165, 1.54) is 44.2 Å². The summed E-state index contributed by atoms with van der Waals surface area (Å²) in [6.07, 6.45) is 7.01. The molecular formula is C23H23N2O6S2-. The van der Waals surface area contributed by atoms with Crippen LogP contribution in [0, 0.1) is 0 Å². The topological polar surface area (TPSA) is 117 Å². The lowest BCUT2D eigenvalue weighted by atomic mass is 10.3. The van der Waals surface area contributed by atoms with Crippen molar-refractivity contribution in [2.75, 3.05) is 10.2 Å². The first-order valence-corrected chi connectivity index (χ1v) is 11.8. The van der Waals surface area contributed by atoms with E-state index in [0.29, 0.717) is 23.4 Å². The van der Waals surface area contributed by atoms with E-state index in [0.717, 1.165) is 0 Å². The molecule has 0 aromatic heterocycles. The Kier molecular flexibility index (Phi) is 10.4. The molecular weight excluding hydrogens is 464 g/mol. The molecule has 2 N–H and O–H groups in total. The summed E-state index contributed by atoms with van der Waals surface area (Å²) in [6, 6.07) is 17.3. The van der Waals surface area contributed by atoms with Gasteiger partial charge in [0.05, 0.1) is 27.5 Å². The number of nitrogens with one attached hydrogen (secondary N) is 2. The Morgan fingerprint density at radius 2 is 1.55 bits per heavy atom. The molecule has 0 fully saturated rings. The summed E-state index contributed by atoms with van der Waals surface area (Å²) in [7, 11) is -4.05. The van der Waals surface area contributed by atoms with E-state index in [4.69, 9.17) is 9.32 Å². The predicted octanol–water partition coefficient (Wildman–Crippen LogP) is 4.23. The Morgan fingerprint density at radius 1 is 0.939 bits per heavy atom. The van der Waals surface area contributed by atoms with Crippen LogP contribution in [0.1, 0.15) is 13.8 Å². The van der Waals surface area contributed by atoms with Crippen molar-refractivity contribution < 1.29 is 27.6 Å². The first-order valence-electron chi connectivity index (χ1n) is 9.62. The standard InChI is InChI=1S/C23H24N2O6S2/c1-18(26)22(32-31-30-24-20-12-6-3-7-13-20)16-10-5-11-17-23(19(2)27)33(28,29)25-21-14-8-4-9-15-21/h3-17,24-25,27H,1-2H3/p-1/b10-5?,17-11?,22-16?,23-19+. The van der Waals surface area contributed by atoms with Gasteiger partial charge in [0.1, 0.15) is 0 Å². The molecule has 0 bridgehead atoms. The zero-order chi connectivity index (χ0) is 24.1. The largest absolute Gasteiger partial charge is 0.875 e. The van der Waals surface area contributed by atoms with E-state index < -0.39 is 20.7 Å². The quantitative estimate of drug-likeness (QED) is 0.0869. The molecule has 0 atom stereocenters. The Labute approximate surface area is 197 Å². The van der Waals surface area contributed by atoms with Gasteiger partial charge in [0.25, 0.3) is 10.0 Å². The minimum atomic E-state index is -4.05. The van der Waals surface area contributed by atoms with Crippen LogP contribution in [-0.2, 0) is 24.1 Å². The Balaban J connectivity index is 1.96. The number of allylic oxidation sites excluding steroid dienone is 7. The summed E-state index contributed by atoms with van der Waals surface area (Å²) >= 11 is 0.710. The van der Waals surface area contributed by atoms with E-state index >= 15 is 0 Å². The second kappa shape index (κ2) is 13.3. The van der Waals surface area contributed by atoms with Gasteiger partial charge in [-0.1, -0.05) is 61.5 Å². The van der Waals surface area contributed by atoms with E-state index in [1.807, 2.05) is 18.2 Å². The zero-order valence-corrected chi connectivity index (χ0v) is 19.6. The third-order valence-corrected chi connectivity index (χ3v) is 6.06. The summed E-state index contributed by atoms with van der Waals surface area (Å²) in [4.78, 5) is 16.4. The van der Waals surface area contributed by atoms with Crippen LogP contribution in [0.5, 0.6) is 0 Å². The molecule has 33 heavy (non-hydrogen) atoms. The molecule has 0 spiro atoms. The lowest BCUT2D eigenvalue weighted by Gasteiger charge is -2.14. The molecule has 0 amide bonds. The number of ketones is 1. The van der Waals surface area contributed by atoms with Crippen molar-refractivity contribution in [3.8, 4) is 0 Å². The van der Waals surface area contributed by atoms with Crippen LogP contribution in [0.4, 0.5) is 11.4 Å². The van der Waals surface area contributed by atoms with Gasteiger partial charge in [-0.25, -0.2) is 13.9 Å². The average Bonchev–Trinajstić information content (AvgIpc) is 2.77. The fraction of sp³-hybridized carbons (Fsp3) is 0.0870. The highest BCUT2D eigenvalue weighted by Gasteiger charge is 2.14. The molecule has 0 aliphatic rings. The van der Waals surface area contributed by atoms with Crippen LogP contribution in [0.25, 0.3) is 0 Å². The number of para-hydroxylation sites is 2. The van der Waals surface area contributed by atoms with Gasteiger partial charge in [0, 0.05) is 5.69 Å². The second-order valence-corrected chi connectivity index (χ2v) is 8.82. The maximum atomic E-state index is 12.5. The normalized spacial score (nSPS) is 13.2. The third kappa shape index (κ3) is 9.38. The van der Waals surface area contributed by atoms with Gasteiger partial charge in [-0.05, 0) is 43.3 Å². The molecule has 8 nitrogen and oxygen atoms in total. The highest BCUT2D eigenvalue weighted by molar-refractivity contribution is 7.99. The van der Waals surface area contributed by atoms with Gasteiger partial charge >= 0.3 is 0 Å². The molecule has 174 valence electrons. The molecule has 2 aromatic rings. The molecule has 0 aliphatic heterocycles. The molecule has 0 unspecified atom stereocenters. The van der Waals surface area contributed by atoms with E-state index in [9.17, 15) is 18.3 Å². The van der Waals surface area contributed by atoms with Gasteiger partial charge in [0.2, 0.25) is 0 Å². The first-order chi connectivity index (χ1) is 15.8. The second-order valence-electron chi connectivity index (χ2n) is 6.43. The fourth-order valence-electron chi connectivity index (χ4n) is 2.29. The van der Waals surface area contributed by atoms with Crippen molar-refractivity contribution >= 4 is 39.2 Å². The highest BCUT2D eigenvalue weighted by Crippen LogP contribution is 2.19. The van der Waals surface area contributed by atoms with Crippen LogP contribution in [0.15, 0.2) is 107 Å². The number of Topliss-reactive ketones (excluding diaryl/α,β-unsaturated/α-hetero) is 1. The first kappa shape index (κ1) is 25.9. The van der Waals surface area contributed by atoms with Crippen molar-refractivity contribution in [3.63, 3.8) is 0 Å². The van der Waals surface area contributed by atoms with Crippen molar-refractivity contribution in [2.45, 2.75) is 13.8 Å². The molecule has 2 rings (SSSR count). The third-order valence-electron chi connectivity index (χ3n) is 3.82. The van der Waals surface area contributed by atoms with E-state index in [2.05, 4.69) is 10.2 Å². The number of anilines is 2. The summed E-state index contributed by atoms with van der Waals surface area (Å²) in [6.45, 7) is 2.53. The van der Waals surface area contributed by atoms with Crippen molar-refractivity contribution in [1.82, 2.24) is 0 Å². The average molecular weight is 488 g/mol. The van der Waals surface area contributed by atoms with Crippen LogP contribution < -0.4 is 15.3 Å². The number of hydrogen-bond donors (Lipinski definition) is 2. The smallest absolute Gasteiger partial charge is 0.260 e. The minimum Gasteiger partial charge on any atom is -0.875 e. The number of carbonyl (C=O) groups is 1. The summed E-state index contributed by atoms with van der Waals surface area (Å²) < 4.78 is 32.3. The lowest BCUT2D eigenvalue weighted by Crippen LogP contribution is -2.18. The van der Waals surface area contributed by atoms with E-state index in [-0.39, 0.29) is 10.7 Å². The number of sulfonamides is 1. The molecule has 0 saturated carbocycles. The maximum absolute atomic E-state index is 12.5. The van der Waals surface area contributed by atoms with Gasteiger partial charge < -0.3 is 5.11 Å². The molecule has 0 aliphatic carbocycles. The summed E-state index contributed by atoms with van der Waals surface area (Å²) in [5.74, 6) is -0.877. The van der Waals surface area contributed by atoms with Gasteiger partial charge in [-0.2, -0.15) is 0 Å². The van der Waals surface area contributed by atoms with Crippen LogP contribution in [0.2, 0.25) is 0 Å². The summed E-state index contributed by atoms with van der Waals surface area (Å²) in [5.41, 5.74) is 3.58. The highest BCUT2D eigenvalue weighted by atomic mass is 32.2. The number of benzene rings is 2. The van der Waals surface area contributed by atoms with Crippen LogP contribution >= 0.6 is 12.0 Å². The van der Waals surface area contributed by atoms with Gasteiger partial charge in [0.15, 0.2) is 5.78 Å². The number of hydrogen-bond acceptors (Lipinski definition) is 8. The van der Waals surface area contributed by atoms with E-state index in [1.54, 1.807) is 42.5 Å². The predicted molar refractivity (Wildman–Crippen MR) is 129 cm³/mol. The van der Waals surface area contributed by atoms with Crippen molar-refractivity contribution in [1.29, 1.82) is 0 Å². The zero-order valence-electron chi connectivity index (χ0n) is 17.9. The number of carbonyl (C=O) groups excluding carboxylic acids is 1. The maximum Gasteiger partial charge on any atom is 0.260 e. The summed E-state index contributed by atoms with van der Waals surface area (Å²) in [5, 5.41) is 11.9. The van der Waals surface area contributed by atoms with Gasteiger partial charge in [-0.3, -0.25) is 9.52 Å². The number of rotatable bonds is 12. The molecule has 0 heterocycles. The fourth-order valence-corrected chi connectivity index (χ4v) is 3.88. The molecule has 0 radical (unpaired) electrons.